The number of rotatable bonds is 5. The molecular formula is C13H13F3N4O2. The summed E-state index contributed by atoms with van der Waals surface area (Å²) in [5, 5.41) is 3.45. The molecule has 1 fully saturated rings. The van der Waals surface area contributed by atoms with Gasteiger partial charge in [0.1, 0.15) is 5.75 Å². The highest BCUT2D eigenvalue weighted by Crippen LogP contribution is 2.24. The number of carbonyl (C=O) groups is 1. The van der Waals surface area contributed by atoms with Gasteiger partial charge in [0.25, 0.3) is 0 Å². The lowest BCUT2D eigenvalue weighted by molar-refractivity contribution is -0.274. The second-order valence-corrected chi connectivity index (χ2v) is 4.95. The van der Waals surface area contributed by atoms with E-state index in [1.165, 1.54) is 24.3 Å². The molecule has 6 nitrogen and oxygen atoms in total. The molecule has 0 N–H and O–H groups in total. The summed E-state index contributed by atoms with van der Waals surface area (Å²) >= 11 is 0. The molecule has 2 rings (SSSR count). The summed E-state index contributed by atoms with van der Waals surface area (Å²) < 4.78 is 40.0. The molecule has 1 aliphatic heterocycles. The van der Waals surface area contributed by atoms with Crippen LogP contribution in [0, 0.1) is 5.92 Å². The van der Waals surface area contributed by atoms with E-state index in [4.69, 9.17) is 5.53 Å². The maximum atomic E-state index is 12.1. The SMILES string of the molecule is [N-]=[N+]=NCC1CC(=O)N(Cc2ccc(OC(F)(F)F)cc2)C1. The van der Waals surface area contributed by atoms with E-state index in [-0.39, 0.29) is 24.1 Å². The number of ether oxygens (including phenoxy) is 1. The Balaban J connectivity index is 1.93. The molecule has 0 aliphatic carbocycles. The lowest BCUT2D eigenvalue weighted by atomic mass is 10.1. The first kappa shape index (κ1) is 16.0. The van der Waals surface area contributed by atoms with Crippen molar-refractivity contribution in [3.63, 3.8) is 0 Å². The number of likely N-dealkylation sites (tertiary alicyclic amines) is 1. The molecule has 1 saturated heterocycles. The zero-order valence-corrected chi connectivity index (χ0v) is 11.5. The maximum Gasteiger partial charge on any atom is 0.573 e. The van der Waals surface area contributed by atoms with E-state index in [1.807, 2.05) is 0 Å². The predicted octanol–water partition coefficient (Wildman–Crippen LogP) is 3.24. The molecule has 1 unspecified atom stereocenters. The first-order valence-corrected chi connectivity index (χ1v) is 6.50. The van der Waals surface area contributed by atoms with Crippen molar-refractivity contribution in [3.05, 3.63) is 40.3 Å². The van der Waals surface area contributed by atoms with E-state index in [2.05, 4.69) is 14.8 Å². The maximum absolute atomic E-state index is 12.1. The summed E-state index contributed by atoms with van der Waals surface area (Å²) in [6.07, 6.45) is -4.41. The van der Waals surface area contributed by atoms with E-state index >= 15 is 0 Å². The van der Waals surface area contributed by atoms with Gasteiger partial charge in [-0.2, -0.15) is 0 Å². The molecule has 1 heterocycles. The number of carbonyl (C=O) groups excluding carboxylic acids is 1. The minimum atomic E-state index is -4.72. The normalized spacial score (nSPS) is 18.2. The van der Waals surface area contributed by atoms with Gasteiger partial charge < -0.3 is 9.64 Å². The van der Waals surface area contributed by atoms with Gasteiger partial charge in [-0.15, -0.1) is 13.2 Å². The summed E-state index contributed by atoms with van der Waals surface area (Å²) in [5.74, 6) is -0.379. The van der Waals surface area contributed by atoms with Crippen molar-refractivity contribution < 1.29 is 22.7 Å². The van der Waals surface area contributed by atoms with Gasteiger partial charge in [-0.1, -0.05) is 17.2 Å². The summed E-state index contributed by atoms with van der Waals surface area (Å²) in [6, 6.07) is 5.38. The summed E-state index contributed by atoms with van der Waals surface area (Å²) in [6.45, 7) is 1.04. The van der Waals surface area contributed by atoms with Gasteiger partial charge in [0, 0.05) is 31.0 Å². The number of hydrogen-bond acceptors (Lipinski definition) is 3. The number of amides is 1. The molecule has 1 amide bonds. The second-order valence-electron chi connectivity index (χ2n) is 4.95. The minimum absolute atomic E-state index is 0.0174. The van der Waals surface area contributed by atoms with E-state index in [0.717, 1.165) is 0 Å². The number of halogens is 3. The fourth-order valence-corrected chi connectivity index (χ4v) is 2.30. The fraction of sp³-hybridized carbons (Fsp3) is 0.462. The van der Waals surface area contributed by atoms with Crippen LogP contribution in [0.2, 0.25) is 0 Å². The Labute approximate surface area is 124 Å². The summed E-state index contributed by atoms with van der Waals surface area (Å²) in [4.78, 5) is 16.1. The van der Waals surface area contributed by atoms with Gasteiger partial charge in [-0.05, 0) is 29.1 Å². The van der Waals surface area contributed by atoms with Crippen LogP contribution in [-0.2, 0) is 11.3 Å². The third-order valence-electron chi connectivity index (χ3n) is 3.23. The smallest absolute Gasteiger partial charge is 0.406 e. The lowest BCUT2D eigenvalue weighted by Gasteiger charge is -2.17. The fourth-order valence-electron chi connectivity index (χ4n) is 2.30. The van der Waals surface area contributed by atoms with E-state index in [9.17, 15) is 18.0 Å². The van der Waals surface area contributed by atoms with Gasteiger partial charge in [0.2, 0.25) is 5.91 Å². The van der Waals surface area contributed by atoms with Crippen LogP contribution < -0.4 is 4.74 Å². The Hall–Kier alpha value is -2.41. The van der Waals surface area contributed by atoms with Gasteiger partial charge in [-0.25, -0.2) is 0 Å². The molecule has 0 radical (unpaired) electrons. The number of nitrogens with zero attached hydrogens (tertiary/aromatic N) is 4. The van der Waals surface area contributed by atoms with Crippen molar-refractivity contribution in [2.45, 2.75) is 19.3 Å². The van der Waals surface area contributed by atoms with Crippen LogP contribution in [0.1, 0.15) is 12.0 Å². The van der Waals surface area contributed by atoms with Crippen LogP contribution in [0.5, 0.6) is 5.75 Å². The van der Waals surface area contributed by atoms with Crippen LogP contribution in [-0.4, -0.2) is 30.3 Å². The molecule has 22 heavy (non-hydrogen) atoms. The molecule has 0 bridgehead atoms. The average Bonchev–Trinajstić information content (AvgIpc) is 2.77. The minimum Gasteiger partial charge on any atom is -0.406 e. The Morgan fingerprint density at radius 2 is 2.05 bits per heavy atom. The zero-order valence-electron chi connectivity index (χ0n) is 11.5. The molecule has 0 saturated carbocycles. The van der Waals surface area contributed by atoms with Gasteiger partial charge in [0.15, 0.2) is 0 Å². The van der Waals surface area contributed by atoms with E-state index in [1.54, 1.807) is 4.90 Å². The molecular weight excluding hydrogens is 301 g/mol. The van der Waals surface area contributed by atoms with E-state index < -0.39 is 6.36 Å². The van der Waals surface area contributed by atoms with Crippen molar-refractivity contribution in [2.75, 3.05) is 13.1 Å². The van der Waals surface area contributed by atoms with Crippen LogP contribution in [0.25, 0.3) is 10.4 Å². The summed E-state index contributed by atoms with van der Waals surface area (Å²) in [5.41, 5.74) is 8.97. The molecule has 118 valence electrons. The Kier molecular flexibility index (Phi) is 4.77. The second kappa shape index (κ2) is 6.57. The predicted molar refractivity (Wildman–Crippen MR) is 70.7 cm³/mol. The van der Waals surface area contributed by atoms with Gasteiger partial charge in [-0.3, -0.25) is 4.79 Å². The van der Waals surface area contributed by atoms with Crippen molar-refractivity contribution >= 4 is 5.91 Å². The highest BCUT2D eigenvalue weighted by atomic mass is 19.4. The number of hydrogen-bond donors (Lipinski definition) is 0. The number of azide groups is 1. The standard InChI is InChI=1S/C13H13F3N4O2/c14-13(15,16)22-11-3-1-9(2-4-11)7-20-8-10(5-12(20)21)6-18-19-17/h1-4,10H,5-8H2. The highest BCUT2D eigenvalue weighted by molar-refractivity contribution is 5.78. The lowest BCUT2D eigenvalue weighted by Crippen LogP contribution is -2.24. The molecule has 0 spiro atoms. The van der Waals surface area contributed by atoms with Crippen LogP contribution in [0.3, 0.4) is 0 Å². The van der Waals surface area contributed by atoms with Crippen LogP contribution >= 0.6 is 0 Å². The third-order valence-corrected chi connectivity index (χ3v) is 3.23. The van der Waals surface area contributed by atoms with Crippen molar-refractivity contribution in [1.82, 2.24) is 4.90 Å². The highest BCUT2D eigenvalue weighted by Gasteiger charge is 2.31. The molecule has 1 aromatic rings. The van der Waals surface area contributed by atoms with Crippen molar-refractivity contribution in [1.29, 1.82) is 0 Å². The first-order chi connectivity index (χ1) is 10.4. The van der Waals surface area contributed by atoms with Crippen molar-refractivity contribution in [2.24, 2.45) is 11.0 Å². The van der Waals surface area contributed by atoms with Gasteiger partial charge >= 0.3 is 6.36 Å². The topological polar surface area (TPSA) is 78.3 Å². The molecule has 1 atom stereocenters. The van der Waals surface area contributed by atoms with Gasteiger partial charge in [0.05, 0.1) is 0 Å². The monoisotopic (exact) mass is 314 g/mol. The number of alkyl halides is 3. The Morgan fingerprint density at radius 1 is 1.36 bits per heavy atom. The largest absolute Gasteiger partial charge is 0.573 e. The Morgan fingerprint density at radius 3 is 2.64 bits per heavy atom. The molecule has 0 aromatic heterocycles. The zero-order chi connectivity index (χ0) is 16.2. The molecule has 1 aromatic carbocycles. The molecule has 1 aliphatic rings. The quantitative estimate of drug-likeness (QED) is 0.475. The summed E-state index contributed by atoms with van der Waals surface area (Å²) in [7, 11) is 0. The average molecular weight is 314 g/mol. The van der Waals surface area contributed by atoms with Crippen LogP contribution in [0.4, 0.5) is 13.2 Å². The van der Waals surface area contributed by atoms with Crippen LogP contribution in [0.15, 0.2) is 29.4 Å². The van der Waals surface area contributed by atoms with E-state index in [0.29, 0.717) is 25.1 Å². The number of benzene rings is 1. The Bertz CT molecular complexity index is 582. The molecule has 9 heteroatoms. The van der Waals surface area contributed by atoms with Crippen molar-refractivity contribution in [3.8, 4) is 5.75 Å². The third kappa shape index (κ3) is 4.56. The first-order valence-electron chi connectivity index (χ1n) is 6.50.